The predicted octanol–water partition coefficient (Wildman–Crippen LogP) is 2.07. The van der Waals surface area contributed by atoms with E-state index in [-0.39, 0.29) is 17.1 Å². The van der Waals surface area contributed by atoms with Gasteiger partial charge in [-0.05, 0) is 31.0 Å². The number of hydrogen-bond donors (Lipinski definition) is 3. The molecule has 0 aliphatic heterocycles. The summed E-state index contributed by atoms with van der Waals surface area (Å²) in [6, 6.07) is 7.81. The molecule has 7 heteroatoms. The van der Waals surface area contributed by atoms with E-state index in [1.165, 1.54) is 17.3 Å². The minimum atomic E-state index is -0.309. The molecule has 1 heterocycles. The number of carbonyl (C=O) groups excluding carboxylic acids is 1. The highest BCUT2D eigenvalue weighted by Crippen LogP contribution is 2.21. The van der Waals surface area contributed by atoms with Gasteiger partial charge in [-0.2, -0.15) is 4.98 Å². The fourth-order valence-electron chi connectivity index (χ4n) is 1.59. The minimum Gasteiger partial charge on any atom is -0.368 e. The summed E-state index contributed by atoms with van der Waals surface area (Å²) in [6.07, 6.45) is 0.979. The van der Waals surface area contributed by atoms with E-state index in [9.17, 15) is 4.79 Å². The van der Waals surface area contributed by atoms with Crippen molar-refractivity contribution in [3.8, 4) is 0 Å². The highest BCUT2D eigenvalue weighted by molar-refractivity contribution is 8.00. The number of benzene rings is 1. The quantitative estimate of drug-likeness (QED) is 0.733. The van der Waals surface area contributed by atoms with Crippen LogP contribution in [0.1, 0.15) is 19.4 Å². The fourth-order valence-corrected chi connectivity index (χ4v) is 2.32. The summed E-state index contributed by atoms with van der Waals surface area (Å²) in [5, 5.41) is 9.45. The molecule has 106 valence electrons. The zero-order chi connectivity index (χ0) is 14.5. The average Bonchev–Trinajstić information content (AvgIpc) is 2.85. The Kier molecular flexibility index (Phi) is 4.62. The van der Waals surface area contributed by atoms with Crippen LogP contribution < -0.4 is 11.1 Å². The SMILES string of the molecule is CCc1ccc(NC(=O)C(C)Sc2n[nH]c(N)n2)cc1. The van der Waals surface area contributed by atoms with Gasteiger partial charge in [-0.1, -0.05) is 30.8 Å². The van der Waals surface area contributed by atoms with E-state index in [1.807, 2.05) is 24.3 Å². The summed E-state index contributed by atoms with van der Waals surface area (Å²) in [4.78, 5) is 16.0. The van der Waals surface area contributed by atoms with Crippen LogP contribution in [0.15, 0.2) is 29.4 Å². The topological polar surface area (TPSA) is 96.7 Å². The van der Waals surface area contributed by atoms with Crippen LogP contribution in [-0.2, 0) is 11.2 Å². The molecule has 2 rings (SSSR count). The van der Waals surface area contributed by atoms with Gasteiger partial charge in [0.2, 0.25) is 17.0 Å². The van der Waals surface area contributed by atoms with E-state index in [2.05, 4.69) is 27.4 Å². The van der Waals surface area contributed by atoms with Crippen LogP contribution in [0, 0.1) is 0 Å². The van der Waals surface area contributed by atoms with Crippen LogP contribution >= 0.6 is 11.8 Å². The number of hydrogen-bond acceptors (Lipinski definition) is 5. The Hall–Kier alpha value is -2.02. The summed E-state index contributed by atoms with van der Waals surface area (Å²) >= 11 is 1.25. The lowest BCUT2D eigenvalue weighted by molar-refractivity contribution is -0.115. The van der Waals surface area contributed by atoms with Gasteiger partial charge >= 0.3 is 0 Å². The Morgan fingerprint density at radius 3 is 2.70 bits per heavy atom. The molecule has 0 fully saturated rings. The smallest absolute Gasteiger partial charge is 0.237 e. The summed E-state index contributed by atoms with van der Waals surface area (Å²) in [6.45, 7) is 3.89. The number of nitrogen functional groups attached to an aromatic ring is 1. The molecule has 1 aromatic carbocycles. The molecule has 0 radical (unpaired) electrons. The molecule has 0 bridgehead atoms. The van der Waals surface area contributed by atoms with E-state index >= 15 is 0 Å². The Bertz CT molecular complexity index is 581. The van der Waals surface area contributed by atoms with Gasteiger partial charge in [0.1, 0.15) is 0 Å². The fraction of sp³-hybridized carbons (Fsp3) is 0.308. The zero-order valence-electron chi connectivity index (χ0n) is 11.4. The van der Waals surface area contributed by atoms with Crippen molar-refractivity contribution in [2.24, 2.45) is 0 Å². The minimum absolute atomic E-state index is 0.0948. The summed E-state index contributed by atoms with van der Waals surface area (Å²) < 4.78 is 0. The van der Waals surface area contributed by atoms with Crippen molar-refractivity contribution >= 4 is 29.3 Å². The molecular weight excluding hydrogens is 274 g/mol. The first-order valence-electron chi connectivity index (χ1n) is 6.33. The van der Waals surface area contributed by atoms with Crippen molar-refractivity contribution in [2.45, 2.75) is 30.7 Å². The number of aryl methyl sites for hydroxylation is 1. The molecule has 1 unspecified atom stereocenters. The molecule has 0 saturated heterocycles. The van der Waals surface area contributed by atoms with Gasteiger partial charge in [0.05, 0.1) is 5.25 Å². The molecule has 0 aliphatic rings. The lowest BCUT2D eigenvalue weighted by atomic mass is 10.1. The van der Waals surface area contributed by atoms with Gasteiger partial charge in [0, 0.05) is 5.69 Å². The molecule has 20 heavy (non-hydrogen) atoms. The molecule has 0 aliphatic carbocycles. The van der Waals surface area contributed by atoms with E-state index < -0.39 is 0 Å². The van der Waals surface area contributed by atoms with Gasteiger partial charge in [-0.3, -0.25) is 4.79 Å². The van der Waals surface area contributed by atoms with Gasteiger partial charge in [-0.15, -0.1) is 5.10 Å². The second-order valence-electron chi connectivity index (χ2n) is 4.30. The number of nitrogens with zero attached hydrogens (tertiary/aromatic N) is 2. The highest BCUT2D eigenvalue weighted by atomic mass is 32.2. The zero-order valence-corrected chi connectivity index (χ0v) is 12.2. The van der Waals surface area contributed by atoms with Crippen LogP contribution in [0.3, 0.4) is 0 Å². The van der Waals surface area contributed by atoms with Crippen LogP contribution in [-0.4, -0.2) is 26.3 Å². The summed E-state index contributed by atoms with van der Waals surface area (Å²) in [5.74, 6) is 0.151. The number of aromatic nitrogens is 3. The summed E-state index contributed by atoms with van der Waals surface area (Å²) in [5.41, 5.74) is 7.46. The first kappa shape index (κ1) is 14.4. The second kappa shape index (κ2) is 6.42. The van der Waals surface area contributed by atoms with Gasteiger partial charge < -0.3 is 11.1 Å². The van der Waals surface area contributed by atoms with Gasteiger partial charge in [-0.25, -0.2) is 5.10 Å². The number of anilines is 2. The monoisotopic (exact) mass is 291 g/mol. The number of H-pyrrole nitrogens is 1. The summed E-state index contributed by atoms with van der Waals surface area (Å²) in [7, 11) is 0. The average molecular weight is 291 g/mol. The van der Waals surface area contributed by atoms with Crippen molar-refractivity contribution < 1.29 is 4.79 Å². The predicted molar refractivity (Wildman–Crippen MR) is 80.6 cm³/mol. The Labute approximate surface area is 121 Å². The number of thioether (sulfide) groups is 1. The maximum absolute atomic E-state index is 12.0. The molecule has 0 spiro atoms. The molecule has 4 N–H and O–H groups in total. The lowest BCUT2D eigenvalue weighted by Crippen LogP contribution is -2.22. The van der Waals surface area contributed by atoms with Crippen molar-refractivity contribution in [1.29, 1.82) is 0 Å². The normalized spacial score (nSPS) is 12.1. The molecule has 1 atom stereocenters. The second-order valence-corrected chi connectivity index (χ2v) is 5.61. The van der Waals surface area contributed by atoms with E-state index in [0.717, 1.165) is 12.1 Å². The van der Waals surface area contributed by atoms with Gasteiger partial charge in [0.25, 0.3) is 0 Å². The number of aromatic amines is 1. The molecule has 0 saturated carbocycles. The van der Waals surface area contributed by atoms with E-state index in [1.54, 1.807) is 6.92 Å². The molecule has 6 nitrogen and oxygen atoms in total. The maximum atomic E-state index is 12.0. The third kappa shape index (κ3) is 3.74. The van der Waals surface area contributed by atoms with Crippen molar-refractivity contribution in [3.05, 3.63) is 29.8 Å². The largest absolute Gasteiger partial charge is 0.368 e. The Morgan fingerprint density at radius 2 is 2.15 bits per heavy atom. The number of amides is 1. The third-order valence-electron chi connectivity index (χ3n) is 2.76. The Balaban J connectivity index is 1.93. The van der Waals surface area contributed by atoms with Crippen LogP contribution in [0.2, 0.25) is 0 Å². The highest BCUT2D eigenvalue weighted by Gasteiger charge is 2.16. The number of nitrogens with one attached hydrogen (secondary N) is 2. The molecule has 2 aromatic rings. The maximum Gasteiger partial charge on any atom is 0.237 e. The molecular formula is C13H17N5OS. The number of nitrogens with two attached hydrogens (primary N) is 1. The van der Waals surface area contributed by atoms with Gasteiger partial charge in [0.15, 0.2) is 0 Å². The Morgan fingerprint density at radius 1 is 1.45 bits per heavy atom. The van der Waals surface area contributed by atoms with Crippen molar-refractivity contribution in [1.82, 2.24) is 15.2 Å². The number of rotatable bonds is 5. The molecule has 1 aromatic heterocycles. The van der Waals surface area contributed by atoms with Crippen molar-refractivity contribution in [3.63, 3.8) is 0 Å². The van der Waals surface area contributed by atoms with E-state index in [4.69, 9.17) is 5.73 Å². The first-order valence-corrected chi connectivity index (χ1v) is 7.20. The van der Waals surface area contributed by atoms with Crippen LogP contribution in [0.5, 0.6) is 0 Å². The third-order valence-corrected chi connectivity index (χ3v) is 3.72. The number of carbonyl (C=O) groups is 1. The molecule has 1 amide bonds. The van der Waals surface area contributed by atoms with Crippen LogP contribution in [0.4, 0.5) is 11.6 Å². The first-order chi connectivity index (χ1) is 9.58. The van der Waals surface area contributed by atoms with E-state index in [0.29, 0.717) is 5.16 Å². The van der Waals surface area contributed by atoms with Crippen molar-refractivity contribution in [2.75, 3.05) is 11.1 Å². The lowest BCUT2D eigenvalue weighted by Gasteiger charge is -2.10. The standard InChI is InChI=1S/C13H17N5OS/c1-3-9-4-6-10(7-5-9)15-11(19)8(2)20-13-16-12(14)17-18-13/h4-8H,3H2,1-2H3,(H,15,19)(H3,14,16,17,18). The van der Waals surface area contributed by atoms with Crippen LogP contribution in [0.25, 0.3) is 0 Å².